The minimum atomic E-state index is -0.825. The lowest BCUT2D eigenvalue weighted by Gasteiger charge is -2.33. The summed E-state index contributed by atoms with van der Waals surface area (Å²) >= 11 is 0. The third-order valence-corrected chi connectivity index (χ3v) is 3.97. The van der Waals surface area contributed by atoms with Gasteiger partial charge < -0.3 is 20.5 Å². The zero-order chi connectivity index (χ0) is 15.0. The molecule has 2 amide bonds. The van der Waals surface area contributed by atoms with Crippen LogP contribution in [0.4, 0.5) is 4.79 Å². The standard InChI is InChI=1S/C14H26N2O4/c1-3-11(8-12(17)18)9-15-13(19)16-10-14(2)4-6-20-7-5-14/h11H,3-10H2,1-2H3,(H,17,18)(H2,15,16,19). The highest BCUT2D eigenvalue weighted by Crippen LogP contribution is 2.28. The van der Waals surface area contributed by atoms with Crippen LogP contribution in [0.3, 0.4) is 0 Å². The molecule has 6 nitrogen and oxygen atoms in total. The number of aliphatic carboxylic acids is 1. The molecule has 1 aliphatic rings. The number of hydrogen-bond acceptors (Lipinski definition) is 3. The summed E-state index contributed by atoms with van der Waals surface area (Å²) in [5, 5.41) is 14.4. The number of nitrogens with one attached hydrogen (secondary N) is 2. The fourth-order valence-electron chi connectivity index (χ4n) is 2.24. The van der Waals surface area contributed by atoms with Crippen molar-refractivity contribution < 1.29 is 19.4 Å². The van der Waals surface area contributed by atoms with Crippen LogP contribution in [0.15, 0.2) is 0 Å². The molecule has 0 aromatic carbocycles. The Hall–Kier alpha value is -1.30. The van der Waals surface area contributed by atoms with Crippen molar-refractivity contribution in [2.24, 2.45) is 11.3 Å². The van der Waals surface area contributed by atoms with E-state index >= 15 is 0 Å². The summed E-state index contributed by atoms with van der Waals surface area (Å²) in [6, 6.07) is -0.221. The van der Waals surface area contributed by atoms with Crippen molar-refractivity contribution in [1.29, 1.82) is 0 Å². The van der Waals surface area contributed by atoms with Crippen LogP contribution >= 0.6 is 0 Å². The van der Waals surface area contributed by atoms with Crippen molar-refractivity contribution in [3.8, 4) is 0 Å². The maximum absolute atomic E-state index is 11.7. The molecule has 1 rings (SSSR count). The van der Waals surface area contributed by atoms with Crippen molar-refractivity contribution in [3.05, 3.63) is 0 Å². The molecule has 1 unspecified atom stereocenters. The van der Waals surface area contributed by atoms with E-state index in [2.05, 4.69) is 17.6 Å². The van der Waals surface area contributed by atoms with Gasteiger partial charge in [0, 0.05) is 32.7 Å². The molecule has 1 atom stereocenters. The monoisotopic (exact) mass is 286 g/mol. The molecule has 0 saturated carbocycles. The second-order valence-electron chi connectivity index (χ2n) is 5.86. The van der Waals surface area contributed by atoms with Crippen LogP contribution in [0.25, 0.3) is 0 Å². The first kappa shape index (κ1) is 16.8. The molecule has 116 valence electrons. The van der Waals surface area contributed by atoms with Crippen molar-refractivity contribution >= 4 is 12.0 Å². The van der Waals surface area contributed by atoms with Gasteiger partial charge in [0.05, 0.1) is 0 Å². The van der Waals surface area contributed by atoms with Crippen molar-refractivity contribution in [1.82, 2.24) is 10.6 Å². The number of hydrogen-bond donors (Lipinski definition) is 3. The van der Waals surface area contributed by atoms with E-state index in [-0.39, 0.29) is 23.8 Å². The average molecular weight is 286 g/mol. The first-order valence-corrected chi connectivity index (χ1v) is 7.26. The summed E-state index contributed by atoms with van der Waals surface area (Å²) in [4.78, 5) is 22.4. The molecule has 0 aliphatic carbocycles. The predicted molar refractivity (Wildman–Crippen MR) is 75.6 cm³/mol. The largest absolute Gasteiger partial charge is 0.481 e. The first-order chi connectivity index (χ1) is 9.45. The average Bonchev–Trinajstić information content (AvgIpc) is 2.41. The molecule has 1 saturated heterocycles. The Morgan fingerprint density at radius 3 is 2.50 bits per heavy atom. The highest BCUT2D eigenvalue weighted by Gasteiger charge is 2.27. The van der Waals surface area contributed by atoms with E-state index in [1.54, 1.807) is 0 Å². The number of carbonyl (C=O) groups excluding carboxylic acids is 1. The molecule has 1 heterocycles. The van der Waals surface area contributed by atoms with Gasteiger partial charge >= 0.3 is 12.0 Å². The van der Waals surface area contributed by atoms with Gasteiger partial charge in [-0.2, -0.15) is 0 Å². The van der Waals surface area contributed by atoms with E-state index in [1.807, 2.05) is 6.92 Å². The Balaban J connectivity index is 2.23. The van der Waals surface area contributed by atoms with Crippen LogP contribution in [-0.4, -0.2) is 43.4 Å². The van der Waals surface area contributed by atoms with Gasteiger partial charge in [-0.25, -0.2) is 4.79 Å². The fourth-order valence-corrected chi connectivity index (χ4v) is 2.24. The van der Waals surface area contributed by atoms with E-state index in [1.165, 1.54) is 0 Å². The number of carboxylic acid groups (broad SMARTS) is 1. The zero-order valence-electron chi connectivity index (χ0n) is 12.4. The lowest BCUT2D eigenvalue weighted by Crippen LogP contribution is -2.44. The van der Waals surface area contributed by atoms with Crippen LogP contribution in [0.1, 0.15) is 39.5 Å². The second-order valence-corrected chi connectivity index (χ2v) is 5.86. The molecule has 0 radical (unpaired) electrons. The second kappa shape index (κ2) is 8.09. The Bertz CT molecular complexity index is 327. The molecule has 20 heavy (non-hydrogen) atoms. The van der Waals surface area contributed by atoms with Gasteiger partial charge in [-0.15, -0.1) is 0 Å². The van der Waals surface area contributed by atoms with Gasteiger partial charge in [0.15, 0.2) is 0 Å². The molecule has 0 bridgehead atoms. The lowest BCUT2D eigenvalue weighted by atomic mass is 9.82. The van der Waals surface area contributed by atoms with E-state index in [4.69, 9.17) is 9.84 Å². The van der Waals surface area contributed by atoms with E-state index in [0.717, 1.165) is 32.5 Å². The van der Waals surface area contributed by atoms with Gasteiger partial charge in [0.25, 0.3) is 0 Å². The van der Waals surface area contributed by atoms with Crippen LogP contribution in [0, 0.1) is 11.3 Å². The minimum absolute atomic E-state index is 0.0167. The van der Waals surface area contributed by atoms with Crippen LogP contribution in [0.2, 0.25) is 0 Å². The number of amides is 2. The summed E-state index contributed by atoms with van der Waals surface area (Å²) in [5.74, 6) is -0.842. The Kier molecular flexibility index (Phi) is 6.78. The number of rotatable bonds is 7. The number of urea groups is 1. The number of ether oxygens (including phenoxy) is 1. The quantitative estimate of drug-likeness (QED) is 0.663. The van der Waals surface area contributed by atoms with Gasteiger partial charge in [0.1, 0.15) is 0 Å². The highest BCUT2D eigenvalue weighted by molar-refractivity contribution is 5.74. The Labute approximate surface area is 120 Å². The van der Waals surface area contributed by atoms with Gasteiger partial charge in [-0.05, 0) is 24.2 Å². The molecule has 0 aromatic rings. The SMILES string of the molecule is CCC(CNC(=O)NCC1(C)CCOCC1)CC(=O)O. The highest BCUT2D eigenvalue weighted by atomic mass is 16.5. The molecule has 0 aromatic heterocycles. The van der Waals surface area contributed by atoms with Crippen molar-refractivity contribution in [2.45, 2.75) is 39.5 Å². The van der Waals surface area contributed by atoms with Crippen molar-refractivity contribution in [2.75, 3.05) is 26.3 Å². The molecule has 1 fully saturated rings. The normalized spacial score (nSPS) is 19.1. The van der Waals surface area contributed by atoms with Crippen LogP contribution in [-0.2, 0) is 9.53 Å². The van der Waals surface area contributed by atoms with Crippen molar-refractivity contribution in [3.63, 3.8) is 0 Å². The van der Waals surface area contributed by atoms with Gasteiger partial charge in [0.2, 0.25) is 0 Å². The van der Waals surface area contributed by atoms with Gasteiger partial charge in [-0.1, -0.05) is 20.3 Å². The maximum Gasteiger partial charge on any atom is 0.314 e. The minimum Gasteiger partial charge on any atom is -0.481 e. The van der Waals surface area contributed by atoms with Crippen LogP contribution in [0.5, 0.6) is 0 Å². The number of carboxylic acids is 1. The van der Waals surface area contributed by atoms with Crippen LogP contribution < -0.4 is 10.6 Å². The smallest absolute Gasteiger partial charge is 0.314 e. The molecule has 1 aliphatic heterocycles. The molecular formula is C14H26N2O4. The molecule has 3 N–H and O–H groups in total. The number of carbonyl (C=O) groups is 2. The Morgan fingerprint density at radius 1 is 1.30 bits per heavy atom. The Morgan fingerprint density at radius 2 is 1.95 bits per heavy atom. The van der Waals surface area contributed by atoms with Gasteiger partial charge in [-0.3, -0.25) is 4.79 Å². The summed E-state index contributed by atoms with van der Waals surface area (Å²) < 4.78 is 5.32. The molecule has 0 spiro atoms. The van der Waals surface area contributed by atoms with E-state index in [0.29, 0.717) is 13.1 Å². The first-order valence-electron chi connectivity index (χ1n) is 7.26. The third kappa shape index (κ3) is 6.23. The fraction of sp³-hybridized carbons (Fsp3) is 0.857. The van der Waals surface area contributed by atoms with E-state index in [9.17, 15) is 9.59 Å². The summed E-state index contributed by atoms with van der Waals surface area (Å²) in [7, 11) is 0. The third-order valence-electron chi connectivity index (χ3n) is 3.97. The van der Waals surface area contributed by atoms with E-state index < -0.39 is 5.97 Å². The predicted octanol–water partition coefficient (Wildman–Crippen LogP) is 1.60. The summed E-state index contributed by atoms with van der Waals surface area (Å²) in [6.45, 7) is 6.59. The maximum atomic E-state index is 11.7. The zero-order valence-corrected chi connectivity index (χ0v) is 12.4. The topological polar surface area (TPSA) is 87.7 Å². The molecule has 6 heteroatoms. The summed E-state index contributed by atoms with van der Waals surface area (Å²) in [5.41, 5.74) is 0.0980. The summed E-state index contributed by atoms with van der Waals surface area (Å²) in [6.07, 6.45) is 2.72. The molecular weight excluding hydrogens is 260 g/mol. The lowest BCUT2D eigenvalue weighted by molar-refractivity contribution is -0.138.